The van der Waals surface area contributed by atoms with E-state index in [1.54, 1.807) is 6.20 Å². The summed E-state index contributed by atoms with van der Waals surface area (Å²) in [5, 5.41) is 6.33. The smallest absolute Gasteiger partial charge is 0.191 e. The molecular weight excluding hydrogens is 273 g/mol. The molecule has 0 spiro atoms. The molecule has 0 unspecified atom stereocenters. The molecular formula is C14H20FN5O. The summed E-state index contributed by atoms with van der Waals surface area (Å²) in [6.45, 7) is 4.88. The van der Waals surface area contributed by atoms with Crippen LogP contribution in [0.4, 0.5) is 10.2 Å². The van der Waals surface area contributed by atoms with E-state index in [2.05, 4.69) is 20.6 Å². The number of rotatable bonds is 3. The Morgan fingerprint density at radius 1 is 1.38 bits per heavy atom. The molecule has 114 valence electrons. The van der Waals surface area contributed by atoms with Gasteiger partial charge in [0, 0.05) is 38.9 Å². The Bertz CT molecular complexity index is 516. The molecule has 0 saturated carbocycles. The van der Waals surface area contributed by atoms with Crippen LogP contribution in [0, 0.1) is 5.82 Å². The van der Waals surface area contributed by atoms with Crippen molar-refractivity contribution in [3.8, 4) is 0 Å². The number of halogens is 1. The monoisotopic (exact) mass is 293 g/mol. The number of morpholine rings is 1. The van der Waals surface area contributed by atoms with Crippen LogP contribution in [0.1, 0.15) is 12.0 Å². The van der Waals surface area contributed by atoms with Crippen molar-refractivity contribution >= 4 is 11.8 Å². The van der Waals surface area contributed by atoms with Gasteiger partial charge in [-0.2, -0.15) is 0 Å². The maximum absolute atomic E-state index is 14.2. The molecule has 3 rings (SSSR count). The Kier molecular flexibility index (Phi) is 4.49. The van der Waals surface area contributed by atoms with E-state index in [9.17, 15) is 4.39 Å². The highest BCUT2D eigenvalue weighted by atomic mass is 19.1. The first-order chi connectivity index (χ1) is 10.3. The SMILES string of the molecule is Fc1cc(CNC2=NCCCN2)cnc1N1CCOCC1. The highest BCUT2D eigenvalue weighted by Crippen LogP contribution is 2.18. The number of guanidine groups is 1. The summed E-state index contributed by atoms with van der Waals surface area (Å²) in [5.41, 5.74) is 0.805. The lowest BCUT2D eigenvalue weighted by Gasteiger charge is -2.28. The molecule has 2 aliphatic heterocycles. The average molecular weight is 293 g/mol. The second kappa shape index (κ2) is 6.71. The first kappa shape index (κ1) is 14.1. The van der Waals surface area contributed by atoms with Crippen LogP contribution < -0.4 is 15.5 Å². The van der Waals surface area contributed by atoms with Gasteiger partial charge in [0.2, 0.25) is 0 Å². The number of nitrogens with one attached hydrogen (secondary N) is 2. The number of pyridine rings is 1. The van der Waals surface area contributed by atoms with Crippen LogP contribution in [0.25, 0.3) is 0 Å². The van der Waals surface area contributed by atoms with Gasteiger partial charge in [0.1, 0.15) is 0 Å². The zero-order valence-corrected chi connectivity index (χ0v) is 11.9. The summed E-state index contributed by atoms with van der Waals surface area (Å²) in [7, 11) is 0. The van der Waals surface area contributed by atoms with Crippen molar-refractivity contribution in [2.75, 3.05) is 44.3 Å². The predicted molar refractivity (Wildman–Crippen MR) is 79.0 cm³/mol. The predicted octanol–water partition coefficient (Wildman–Crippen LogP) is 0.496. The Morgan fingerprint density at radius 2 is 2.24 bits per heavy atom. The van der Waals surface area contributed by atoms with E-state index in [1.165, 1.54) is 6.07 Å². The normalized spacial score (nSPS) is 18.9. The molecule has 0 aliphatic carbocycles. The van der Waals surface area contributed by atoms with Gasteiger partial charge in [0.25, 0.3) is 0 Å². The third-order valence-corrected chi connectivity index (χ3v) is 3.55. The van der Waals surface area contributed by atoms with Crippen molar-refractivity contribution in [1.82, 2.24) is 15.6 Å². The molecule has 3 heterocycles. The minimum absolute atomic E-state index is 0.283. The van der Waals surface area contributed by atoms with Gasteiger partial charge < -0.3 is 20.3 Å². The Labute approximate surface area is 123 Å². The highest BCUT2D eigenvalue weighted by Gasteiger charge is 2.16. The van der Waals surface area contributed by atoms with E-state index in [0.717, 1.165) is 31.0 Å². The van der Waals surface area contributed by atoms with E-state index < -0.39 is 0 Å². The fourth-order valence-corrected chi connectivity index (χ4v) is 2.41. The van der Waals surface area contributed by atoms with Gasteiger partial charge in [0.15, 0.2) is 17.6 Å². The molecule has 6 nitrogen and oxygen atoms in total. The fraction of sp³-hybridized carbons (Fsp3) is 0.571. The van der Waals surface area contributed by atoms with Crippen molar-refractivity contribution < 1.29 is 9.13 Å². The largest absolute Gasteiger partial charge is 0.378 e. The summed E-state index contributed by atoms with van der Waals surface area (Å²) in [4.78, 5) is 10.5. The zero-order valence-electron chi connectivity index (χ0n) is 11.9. The molecule has 0 atom stereocenters. The van der Waals surface area contributed by atoms with Crippen molar-refractivity contribution in [2.45, 2.75) is 13.0 Å². The quantitative estimate of drug-likeness (QED) is 0.849. The van der Waals surface area contributed by atoms with Crippen LogP contribution in [0.15, 0.2) is 17.3 Å². The summed E-state index contributed by atoms with van der Waals surface area (Å²) < 4.78 is 19.5. The second-order valence-corrected chi connectivity index (χ2v) is 5.11. The molecule has 1 aromatic rings. The van der Waals surface area contributed by atoms with Crippen LogP contribution in [-0.2, 0) is 11.3 Å². The van der Waals surface area contributed by atoms with Gasteiger partial charge in [0.05, 0.1) is 13.2 Å². The van der Waals surface area contributed by atoms with Gasteiger partial charge >= 0.3 is 0 Å². The van der Waals surface area contributed by atoms with Gasteiger partial charge in [-0.3, -0.25) is 4.99 Å². The van der Waals surface area contributed by atoms with Gasteiger partial charge in [-0.1, -0.05) is 0 Å². The third-order valence-electron chi connectivity index (χ3n) is 3.55. The minimum atomic E-state index is -0.283. The topological polar surface area (TPSA) is 61.8 Å². The highest BCUT2D eigenvalue weighted by molar-refractivity contribution is 5.80. The summed E-state index contributed by atoms with van der Waals surface area (Å²) in [5.74, 6) is 0.906. The Hall–Kier alpha value is -1.89. The number of hydrogen-bond acceptors (Lipinski definition) is 6. The number of ether oxygens (including phenoxy) is 1. The van der Waals surface area contributed by atoms with Gasteiger partial charge in [-0.05, 0) is 18.1 Å². The first-order valence-electron chi connectivity index (χ1n) is 7.32. The maximum atomic E-state index is 14.2. The number of aliphatic imine (C=N–C) groups is 1. The van der Waals surface area contributed by atoms with Crippen LogP contribution in [0.3, 0.4) is 0 Å². The molecule has 0 amide bonds. The van der Waals surface area contributed by atoms with E-state index in [4.69, 9.17) is 4.74 Å². The van der Waals surface area contributed by atoms with Crippen molar-refractivity contribution in [2.24, 2.45) is 4.99 Å². The molecule has 1 aromatic heterocycles. The molecule has 1 saturated heterocycles. The van der Waals surface area contributed by atoms with Crippen molar-refractivity contribution in [3.63, 3.8) is 0 Å². The molecule has 0 radical (unpaired) electrons. The van der Waals surface area contributed by atoms with E-state index in [1.807, 2.05) is 4.90 Å². The Balaban J connectivity index is 1.62. The number of hydrogen-bond donors (Lipinski definition) is 2. The molecule has 1 fully saturated rings. The second-order valence-electron chi connectivity index (χ2n) is 5.11. The van der Waals surface area contributed by atoms with Crippen LogP contribution in [0.5, 0.6) is 0 Å². The molecule has 21 heavy (non-hydrogen) atoms. The summed E-state index contributed by atoms with van der Waals surface area (Å²) >= 11 is 0. The molecule has 2 aliphatic rings. The molecule has 7 heteroatoms. The molecule has 2 N–H and O–H groups in total. The molecule has 0 aromatic carbocycles. The van der Waals surface area contributed by atoms with E-state index in [0.29, 0.717) is 38.7 Å². The number of aromatic nitrogens is 1. The zero-order chi connectivity index (χ0) is 14.5. The van der Waals surface area contributed by atoms with Crippen LogP contribution in [0.2, 0.25) is 0 Å². The van der Waals surface area contributed by atoms with Crippen molar-refractivity contribution in [1.29, 1.82) is 0 Å². The Morgan fingerprint density at radius 3 is 2.95 bits per heavy atom. The first-order valence-corrected chi connectivity index (χ1v) is 7.32. The lowest BCUT2D eigenvalue weighted by atomic mass is 10.2. The lowest BCUT2D eigenvalue weighted by molar-refractivity contribution is 0.122. The third kappa shape index (κ3) is 3.60. The fourth-order valence-electron chi connectivity index (χ4n) is 2.41. The number of nitrogens with zero attached hydrogens (tertiary/aromatic N) is 3. The maximum Gasteiger partial charge on any atom is 0.191 e. The standard InChI is InChI=1S/C14H20FN5O/c15-12-8-11(10-19-14-16-2-1-3-17-14)9-18-13(12)20-4-6-21-7-5-20/h8-9H,1-7,10H2,(H2,16,17,19). The van der Waals surface area contributed by atoms with Crippen LogP contribution >= 0.6 is 0 Å². The van der Waals surface area contributed by atoms with Gasteiger partial charge in [-0.15, -0.1) is 0 Å². The average Bonchev–Trinajstić information content (AvgIpc) is 2.55. The van der Waals surface area contributed by atoms with Crippen molar-refractivity contribution in [3.05, 3.63) is 23.6 Å². The number of anilines is 1. The van der Waals surface area contributed by atoms with Crippen LogP contribution in [-0.4, -0.2) is 50.3 Å². The minimum Gasteiger partial charge on any atom is -0.378 e. The summed E-state index contributed by atoms with van der Waals surface area (Å²) in [6, 6.07) is 1.54. The summed E-state index contributed by atoms with van der Waals surface area (Å²) in [6.07, 6.45) is 2.76. The van der Waals surface area contributed by atoms with E-state index in [-0.39, 0.29) is 5.82 Å². The van der Waals surface area contributed by atoms with Gasteiger partial charge in [-0.25, -0.2) is 9.37 Å². The molecule has 0 bridgehead atoms. The lowest BCUT2D eigenvalue weighted by Crippen LogP contribution is -2.40. The van der Waals surface area contributed by atoms with E-state index >= 15 is 0 Å².